The third kappa shape index (κ3) is 4.71. The van der Waals surface area contributed by atoms with Crippen LogP contribution in [-0.4, -0.2) is 43.4 Å². The largest absolute Gasteiger partial charge is 0.493 e. The first-order chi connectivity index (χ1) is 13.7. The monoisotopic (exact) mass is 437 g/mol. The zero-order chi connectivity index (χ0) is 21.2. The van der Waals surface area contributed by atoms with E-state index in [2.05, 4.69) is 29.6 Å². The lowest BCUT2D eigenvalue weighted by Crippen LogP contribution is -2.22. The highest BCUT2D eigenvalue weighted by atomic mass is 35.5. The summed E-state index contributed by atoms with van der Waals surface area (Å²) < 4.78 is 32.8. The zero-order valence-electron chi connectivity index (χ0n) is 17.3. The molecule has 0 amide bonds. The second-order valence-corrected chi connectivity index (χ2v) is 13.9. The SMILES string of the molecule is COc1ncc(F)c(OC)c1-c1cn(COCC[Si](C)(C)C)c2nc(Cl)ccc12. The van der Waals surface area contributed by atoms with E-state index in [9.17, 15) is 4.39 Å². The predicted molar refractivity (Wildman–Crippen MR) is 115 cm³/mol. The molecule has 0 saturated heterocycles. The van der Waals surface area contributed by atoms with E-state index in [1.165, 1.54) is 14.2 Å². The lowest BCUT2D eigenvalue weighted by Gasteiger charge is -2.15. The minimum atomic E-state index is -1.19. The van der Waals surface area contributed by atoms with Crippen LogP contribution in [0.4, 0.5) is 4.39 Å². The van der Waals surface area contributed by atoms with Crippen molar-refractivity contribution in [3.63, 3.8) is 0 Å². The summed E-state index contributed by atoms with van der Waals surface area (Å²) in [5, 5.41) is 1.13. The fraction of sp³-hybridized carbons (Fsp3) is 0.400. The summed E-state index contributed by atoms with van der Waals surface area (Å²) in [6.45, 7) is 7.88. The van der Waals surface area contributed by atoms with Gasteiger partial charge in [0.25, 0.3) is 0 Å². The smallest absolute Gasteiger partial charge is 0.225 e. The molecule has 9 heteroatoms. The van der Waals surface area contributed by atoms with Crippen LogP contribution in [0.25, 0.3) is 22.2 Å². The molecule has 6 nitrogen and oxygen atoms in total. The molecule has 3 aromatic rings. The Morgan fingerprint density at radius 1 is 1.17 bits per heavy atom. The Bertz CT molecular complexity index is 1020. The molecule has 0 spiro atoms. The van der Waals surface area contributed by atoms with Gasteiger partial charge in [0.1, 0.15) is 17.5 Å². The van der Waals surface area contributed by atoms with E-state index >= 15 is 0 Å². The summed E-state index contributed by atoms with van der Waals surface area (Å²) >= 11 is 6.13. The zero-order valence-corrected chi connectivity index (χ0v) is 19.0. The molecule has 0 unspecified atom stereocenters. The van der Waals surface area contributed by atoms with Gasteiger partial charge in [-0.3, -0.25) is 0 Å². The number of hydrogen-bond acceptors (Lipinski definition) is 5. The standard InChI is InChI=1S/C20H25ClFN3O3Si/c1-26-18-15(22)10-23-20(27-2)17(18)14-11-25(12-28-8-9-29(3,4)5)19-13(14)6-7-16(21)24-19/h6-7,10-11H,8-9,12H2,1-5H3. The number of ether oxygens (including phenoxy) is 3. The van der Waals surface area contributed by atoms with E-state index in [4.69, 9.17) is 25.8 Å². The van der Waals surface area contributed by atoms with Crippen molar-refractivity contribution in [3.05, 3.63) is 35.5 Å². The molecule has 0 aromatic carbocycles. The molecule has 0 aliphatic carbocycles. The van der Waals surface area contributed by atoms with Crippen LogP contribution in [0.15, 0.2) is 24.5 Å². The molecule has 3 heterocycles. The van der Waals surface area contributed by atoms with Crippen LogP contribution in [0, 0.1) is 5.82 Å². The molecule has 3 aromatic heterocycles. The molecule has 3 rings (SSSR count). The summed E-state index contributed by atoms with van der Waals surface area (Å²) in [6.07, 6.45) is 2.92. The number of nitrogens with zero attached hydrogens (tertiary/aromatic N) is 3. The van der Waals surface area contributed by atoms with E-state index in [1.54, 1.807) is 6.07 Å². The number of methoxy groups -OCH3 is 2. The van der Waals surface area contributed by atoms with Gasteiger partial charge >= 0.3 is 0 Å². The number of halogens is 2. The van der Waals surface area contributed by atoms with E-state index in [0.717, 1.165) is 17.6 Å². The molecule has 0 fully saturated rings. The lowest BCUT2D eigenvalue weighted by molar-refractivity contribution is 0.0899. The Morgan fingerprint density at radius 2 is 1.93 bits per heavy atom. The molecule has 0 aliphatic rings. The molecule has 0 radical (unpaired) electrons. The number of pyridine rings is 2. The van der Waals surface area contributed by atoms with E-state index in [0.29, 0.717) is 35.3 Å². The number of fused-ring (bicyclic) bond motifs is 1. The highest BCUT2D eigenvalue weighted by Gasteiger charge is 2.23. The van der Waals surface area contributed by atoms with Gasteiger partial charge in [0.2, 0.25) is 5.88 Å². The molecule has 0 saturated carbocycles. The minimum absolute atomic E-state index is 0.0606. The fourth-order valence-corrected chi connectivity index (χ4v) is 3.93. The van der Waals surface area contributed by atoms with Gasteiger partial charge in [-0.15, -0.1) is 0 Å². The highest BCUT2D eigenvalue weighted by molar-refractivity contribution is 6.76. The maximum absolute atomic E-state index is 14.4. The first-order valence-corrected chi connectivity index (χ1v) is 13.3. The Balaban J connectivity index is 2.08. The van der Waals surface area contributed by atoms with Crippen LogP contribution in [0.1, 0.15) is 0 Å². The number of hydrogen-bond donors (Lipinski definition) is 0. The Hall–Kier alpha value is -2.16. The summed E-state index contributed by atoms with van der Waals surface area (Å²) in [5.74, 6) is -0.250. The van der Waals surface area contributed by atoms with Crippen LogP contribution >= 0.6 is 11.6 Å². The molecule has 156 valence electrons. The molecular formula is C20H25ClFN3O3Si. The van der Waals surface area contributed by atoms with Crippen LogP contribution in [0.2, 0.25) is 30.8 Å². The second kappa shape index (κ2) is 8.69. The van der Waals surface area contributed by atoms with E-state index < -0.39 is 13.9 Å². The van der Waals surface area contributed by atoms with Crippen LogP contribution in [-0.2, 0) is 11.5 Å². The van der Waals surface area contributed by atoms with Gasteiger partial charge in [-0.05, 0) is 18.2 Å². The van der Waals surface area contributed by atoms with Crippen molar-refractivity contribution in [2.45, 2.75) is 32.4 Å². The molecule has 29 heavy (non-hydrogen) atoms. The van der Waals surface area contributed by atoms with Crippen molar-refractivity contribution in [3.8, 4) is 22.8 Å². The van der Waals surface area contributed by atoms with Gasteiger partial charge in [-0.1, -0.05) is 31.2 Å². The van der Waals surface area contributed by atoms with E-state index in [1.807, 2.05) is 16.8 Å². The quantitative estimate of drug-likeness (QED) is 0.274. The van der Waals surface area contributed by atoms with Crippen molar-refractivity contribution >= 4 is 30.7 Å². The highest BCUT2D eigenvalue weighted by Crippen LogP contribution is 2.42. The van der Waals surface area contributed by atoms with Gasteiger partial charge in [-0.25, -0.2) is 14.4 Å². The lowest BCUT2D eigenvalue weighted by atomic mass is 10.1. The fourth-order valence-electron chi connectivity index (χ4n) is 3.03. The summed E-state index contributed by atoms with van der Waals surface area (Å²) in [4.78, 5) is 8.50. The van der Waals surface area contributed by atoms with Gasteiger partial charge in [-0.2, -0.15) is 0 Å². The number of rotatable bonds is 8. The Labute approximate surface area is 175 Å². The summed E-state index contributed by atoms with van der Waals surface area (Å²) in [7, 11) is 1.70. The van der Waals surface area contributed by atoms with Crippen molar-refractivity contribution in [2.75, 3.05) is 20.8 Å². The molecular weight excluding hydrogens is 413 g/mol. The second-order valence-electron chi connectivity index (χ2n) is 7.89. The third-order valence-corrected chi connectivity index (χ3v) is 6.45. The third-order valence-electron chi connectivity index (χ3n) is 4.53. The van der Waals surface area contributed by atoms with Gasteiger partial charge in [0.15, 0.2) is 11.6 Å². The normalized spacial score (nSPS) is 11.8. The molecule has 0 aliphatic heterocycles. The van der Waals surface area contributed by atoms with Crippen molar-refractivity contribution in [1.82, 2.24) is 14.5 Å². The van der Waals surface area contributed by atoms with Gasteiger partial charge in [0, 0.05) is 31.8 Å². The Kier molecular flexibility index (Phi) is 6.45. The van der Waals surface area contributed by atoms with Crippen molar-refractivity contribution in [2.24, 2.45) is 0 Å². The van der Waals surface area contributed by atoms with Crippen LogP contribution < -0.4 is 9.47 Å². The first-order valence-electron chi connectivity index (χ1n) is 9.25. The molecule has 0 bridgehead atoms. The molecule has 0 atom stereocenters. The van der Waals surface area contributed by atoms with Gasteiger partial charge < -0.3 is 18.8 Å². The Morgan fingerprint density at radius 3 is 2.59 bits per heavy atom. The van der Waals surface area contributed by atoms with Crippen molar-refractivity contribution in [1.29, 1.82) is 0 Å². The van der Waals surface area contributed by atoms with Gasteiger partial charge in [0.05, 0.1) is 26.0 Å². The topological polar surface area (TPSA) is 58.4 Å². The average molecular weight is 438 g/mol. The van der Waals surface area contributed by atoms with Crippen LogP contribution in [0.3, 0.4) is 0 Å². The average Bonchev–Trinajstić information content (AvgIpc) is 3.01. The minimum Gasteiger partial charge on any atom is -0.493 e. The summed E-state index contributed by atoms with van der Waals surface area (Å²) in [5.41, 5.74) is 1.73. The van der Waals surface area contributed by atoms with Crippen molar-refractivity contribution < 1.29 is 18.6 Å². The van der Waals surface area contributed by atoms with Crippen LogP contribution in [0.5, 0.6) is 11.6 Å². The van der Waals surface area contributed by atoms with E-state index in [-0.39, 0.29) is 11.6 Å². The maximum Gasteiger partial charge on any atom is 0.225 e. The number of aromatic nitrogens is 3. The molecule has 0 N–H and O–H groups in total. The maximum atomic E-state index is 14.4. The first kappa shape index (κ1) is 21.5. The predicted octanol–water partition coefficient (Wildman–Crippen LogP) is 5.22. The summed E-state index contributed by atoms with van der Waals surface area (Å²) in [6, 6.07) is 4.58.